The van der Waals surface area contributed by atoms with Gasteiger partial charge in [0.1, 0.15) is 0 Å². The molecule has 3 heteroatoms. The first-order valence-corrected chi connectivity index (χ1v) is 4.23. The molecule has 0 unspecified atom stereocenters. The van der Waals surface area contributed by atoms with Gasteiger partial charge in [0.05, 0.1) is 6.61 Å². The van der Waals surface area contributed by atoms with Crippen molar-refractivity contribution in [1.29, 1.82) is 0 Å². The van der Waals surface area contributed by atoms with Crippen LogP contribution in [0.1, 0.15) is 26.7 Å². The molecular weight excluding hydrogens is 154 g/mol. The minimum Gasteiger partial charge on any atom is -0.462 e. The van der Waals surface area contributed by atoms with Crippen LogP contribution < -0.4 is 5.32 Å². The van der Waals surface area contributed by atoms with E-state index >= 15 is 0 Å². The molecule has 0 radical (unpaired) electrons. The Kier molecular flexibility index (Phi) is 6.15. The highest BCUT2D eigenvalue weighted by Gasteiger charge is 2.03. The highest BCUT2D eigenvalue weighted by molar-refractivity contribution is 5.87. The van der Waals surface area contributed by atoms with Gasteiger partial charge in [-0.3, -0.25) is 0 Å². The van der Waals surface area contributed by atoms with Crippen LogP contribution in [-0.4, -0.2) is 19.6 Å². The summed E-state index contributed by atoms with van der Waals surface area (Å²) in [5.41, 5.74) is 0.605. The quantitative estimate of drug-likeness (QED) is 0.386. The fourth-order valence-corrected chi connectivity index (χ4v) is 0.698. The second-order valence-electron chi connectivity index (χ2n) is 2.61. The largest absolute Gasteiger partial charge is 0.462 e. The highest BCUT2D eigenvalue weighted by atomic mass is 16.5. The van der Waals surface area contributed by atoms with Gasteiger partial charge < -0.3 is 10.1 Å². The number of hydrogen-bond donors (Lipinski definition) is 1. The number of unbranched alkanes of at least 4 members (excludes halogenated alkanes) is 1. The lowest BCUT2D eigenvalue weighted by molar-refractivity contribution is -0.139. The zero-order chi connectivity index (χ0) is 9.40. The Labute approximate surface area is 73.8 Å². The van der Waals surface area contributed by atoms with Crippen molar-refractivity contribution in [1.82, 2.24) is 5.32 Å². The maximum absolute atomic E-state index is 11.1. The SMILES string of the molecule is CCCCOC(=O)C(C)=CNC. The molecule has 0 saturated heterocycles. The molecule has 0 fully saturated rings. The van der Waals surface area contributed by atoms with Crippen molar-refractivity contribution >= 4 is 5.97 Å². The number of hydrogen-bond acceptors (Lipinski definition) is 3. The molecule has 0 spiro atoms. The number of nitrogens with one attached hydrogen (secondary N) is 1. The van der Waals surface area contributed by atoms with E-state index in [9.17, 15) is 4.79 Å². The standard InChI is InChI=1S/C9H17NO2/c1-4-5-6-12-9(11)8(2)7-10-3/h7,10H,4-6H2,1-3H3. The first kappa shape index (κ1) is 11.0. The second kappa shape index (κ2) is 6.70. The van der Waals surface area contributed by atoms with Gasteiger partial charge in [-0.1, -0.05) is 13.3 Å². The molecule has 0 bridgehead atoms. The average Bonchev–Trinajstić information content (AvgIpc) is 2.05. The molecule has 1 N–H and O–H groups in total. The molecule has 3 nitrogen and oxygen atoms in total. The summed E-state index contributed by atoms with van der Waals surface area (Å²) in [6.07, 6.45) is 3.61. The lowest BCUT2D eigenvalue weighted by Crippen LogP contribution is -2.09. The molecule has 12 heavy (non-hydrogen) atoms. The molecule has 70 valence electrons. The maximum atomic E-state index is 11.1. The van der Waals surface area contributed by atoms with Crippen LogP contribution in [0.3, 0.4) is 0 Å². The van der Waals surface area contributed by atoms with Gasteiger partial charge in [-0.2, -0.15) is 0 Å². The molecule has 0 rings (SSSR count). The molecular formula is C9H17NO2. The van der Waals surface area contributed by atoms with Crippen molar-refractivity contribution in [3.8, 4) is 0 Å². The summed E-state index contributed by atoms with van der Waals surface area (Å²) in [7, 11) is 1.75. The van der Waals surface area contributed by atoms with Crippen LogP contribution in [-0.2, 0) is 9.53 Å². The Bertz CT molecular complexity index is 164. The second-order valence-corrected chi connectivity index (χ2v) is 2.61. The smallest absolute Gasteiger partial charge is 0.335 e. The third-order valence-electron chi connectivity index (χ3n) is 1.41. The van der Waals surface area contributed by atoms with Crippen LogP contribution in [0, 0.1) is 0 Å². The summed E-state index contributed by atoms with van der Waals surface area (Å²) in [6.45, 7) is 4.30. The Morgan fingerprint density at radius 3 is 2.75 bits per heavy atom. The van der Waals surface area contributed by atoms with Crippen molar-refractivity contribution in [2.24, 2.45) is 0 Å². The number of carbonyl (C=O) groups is 1. The fraction of sp³-hybridized carbons (Fsp3) is 0.667. The van der Waals surface area contributed by atoms with Crippen LogP contribution in [0.2, 0.25) is 0 Å². The monoisotopic (exact) mass is 171 g/mol. The summed E-state index contributed by atoms with van der Waals surface area (Å²) in [4.78, 5) is 11.1. The Balaban J connectivity index is 3.64. The molecule has 0 aliphatic rings. The zero-order valence-corrected chi connectivity index (χ0v) is 8.02. The van der Waals surface area contributed by atoms with Gasteiger partial charge in [-0.25, -0.2) is 4.79 Å². The normalized spacial score (nSPS) is 11.1. The van der Waals surface area contributed by atoms with Crippen molar-refractivity contribution in [2.45, 2.75) is 26.7 Å². The van der Waals surface area contributed by atoms with Crippen LogP contribution >= 0.6 is 0 Å². The van der Waals surface area contributed by atoms with E-state index in [4.69, 9.17) is 4.74 Å². The van der Waals surface area contributed by atoms with Crippen LogP contribution in [0.15, 0.2) is 11.8 Å². The van der Waals surface area contributed by atoms with Gasteiger partial charge in [0.25, 0.3) is 0 Å². The molecule has 0 amide bonds. The van der Waals surface area contributed by atoms with Crippen LogP contribution in [0.4, 0.5) is 0 Å². The summed E-state index contributed by atoms with van der Waals surface area (Å²) < 4.78 is 4.95. The third-order valence-corrected chi connectivity index (χ3v) is 1.41. The topological polar surface area (TPSA) is 38.3 Å². The highest BCUT2D eigenvalue weighted by Crippen LogP contribution is 1.96. The predicted molar refractivity (Wildman–Crippen MR) is 48.7 cm³/mol. The number of ether oxygens (including phenoxy) is 1. The molecule has 0 aromatic heterocycles. The first-order valence-electron chi connectivity index (χ1n) is 4.23. The molecule has 0 aromatic carbocycles. The van der Waals surface area contributed by atoms with Crippen molar-refractivity contribution < 1.29 is 9.53 Å². The van der Waals surface area contributed by atoms with E-state index in [1.165, 1.54) is 0 Å². The lowest BCUT2D eigenvalue weighted by atomic mass is 10.3. The minimum absolute atomic E-state index is 0.238. The van der Waals surface area contributed by atoms with Gasteiger partial charge in [0.2, 0.25) is 0 Å². The van der Waals surface area contributed by atoms with E-state index in [1.54, 1.807) is 20.2 Å². The maximum Gasteiger partial charge on any atom is 0.335 e. The molecule has 0 aliphatic heterocycles. The molecule has 0 saturated carbocycles. The van der Waals surface area contributed by atoms with E-state index < -0.39 is 0 Å². The number of carbonyl (C=O) groups excluding carboxylic acids is 1. The van der Waals surface area contributed by atoms with Gasteiger partial charge in [0, 0.05) is 18.8 Å². The van der Waals surface area contributed by atoms with Crippen LogP contribution in [0.5, 0.6) is 0 Å². The van der Waals surface area contributed by atoms with E-state index in [-0.39, 0.29) is 5.97 Å². The van der Waals surface area contributed by atoms with Gasteiger partial charge in [-0.15, -0.1) is 0 Å². The Hall–Kier alpha value is -0.990. The predicted octanol–water partition coefficient (Wildman–Crippen LogP) is 1.45. The van der Waals surface area contributed by atoms with E-state index in [2.05, 4.69) is 12.2 Å². The van der Waals surface area contributed by atoms with Crippen molar-refractivity contribution in [3.63, 3.8) is 0 Å². The van der Waals surface area contributed by atoms with Crippen LogP contribution in [0.25, 0.3) is 0 Å². The molecule has 0 atom stereocenters. The van der Waals surface area contributed by atoms with E-state index in [0.717, 1.165) is 12.8 Å². The number of rotatable bonds is 5. The van der Waals surface area contributed by atoms with E-state index in [1.807, 2.05) is 0 Å². The first-order chi connectivity index (χ1) is 5.72. The summed E-state index contributed by atoms with van der Waals surface area (Å²) in [5, 5.41) is 2.78. The number of esters is 1. The summed E-state index contributed by atoms with van der Waals surface area (Å²) in [6, 6.07) is 0. The fourth-order valence-electron chi connectivity index (χ4n) is 0.698. The minimum atomic E-state index is -0.238. The third kappa shape index (κ3) is 4.77. The summed E-state index contributed by atoms with van der Waals surface area (Å²) in [5.74, 6) is -0.238. The molecule has 0 heterocycles. The Morgan fingerprint density at radius 2 is 2.25 bits per heavy atom. The molecule has 0 aliphatic carbocycles. The molecule has 0 aromatic rings. The van der Waals surface area contributed by atoms with Crippen molar-refractivity contribution in [3.05, 3.63) is 11.8 Å². The van der Waals surface area contributed by atoms with E-state index in [0.29, 0.717) is 12.2 Å². The van der Waals surface area contributed by atoms with Gasteiger partial charge in [-0.05, 0) is 13.3 Å². The van der Waals surface area contributed by atoms with Gasteiger partial charge >= 0.3 is 5.97 Å². The Morgan fingerprint density at radius 1 is 1.58 bits per heavy atom. The zero-order valence-electron chi connectivity index (χ0n) is 8.02. The van der Waals surface area contributed by atoms with Crippen molar-refractivity contribution in [2.75, 3.05) is 13.7 Å². The lowest BCUT2D eigenvalue weighted by Gasteiger charge is -2.03. The summed E-state index contributed by atoms with van der Waals surface area (Å²) >= 11 is 0. The van der Waals surface area contributed by atoms with Gasteiger partial charge in [0.15, 0.2) is 0 Å². The average molecular weight is 171 g/mol.